The van der Waals surface area contributed by atoms with Gasteiger partial charge < -0.3 is 14.4 Å². The maximum absolute atomic E-state index is 13.1. The van der Waals surface area contributed by atoms with Crippen LogP contribution in [-0.4, -0.2) is 58.1 Å². The number of para-hydroxylation sites is 1. The molecule has 3 rings (SSSR count). The van der Waals surface area contributed by atoms with Crippen LogP contribution in [0.1, 0.15) is 6.92 Å². The maximum atomic E-state index is 13.1. The summed E-state index contributed by atoms with van der Waals surface area (Å²) in [4.78, 5) is 14.6. The van der Waals surface area contributed by atoms with Crippen molar-refractivity contribution in [3.05, 3.63) is 54.6 Å². The predicted molar refractivity (Wildman–Crippen MR) is 106 cm³/mol. The molecule has 0 saturated carbocycles. The van der Waals surface area contributed by atoms with Crippen LogP contribution < -0.4 is 9.64 Å². The van der Waals surface area contributed by atoms with E-state index in [2.05, 4.69) is 0 Å². The molecule has 7 nitrogen and oxygen atoms in total. The second-order valence-electron chi connectivity index (χ2n) is 6.34. The van der Waals surface area contributed by atoms with E-state index in [1.165, 1.54) is 23.5 Å². The number of carbonyl (C=O) groups excluding carboxylic acids is 1. The molecule has 0 radical (unpaired) electrons. The first-order chi connectivity index (χ1) is 13.5. The lowest BCUT2D eigenvalue weighted by Crippen LogP contribution is -2.58. The van der Waals surface area contributed by atoms with E-state index in [4.69, 9.17) is 9.47 Å². The van der Waals surface area contributed by atoms with Gasteiger partial charge in [0.15, 0.2) is 0 Å². The molecule has 150 valence electrons. The predicted octanol–water partition coefficient (Wildman–Crippen LogP) is 2.14. The Hall–Kier alpha value is -2.58. The Morgan fingerprint density at radius 3 is 2.54 bits per heavy atom. The smallest absolute Gasteiger partial charge is 0.330 e. The fourth-order valence-electron chi connectivity index (χ4n) is 3.26. The molecular formula is C20H24N2O5S. The zero-order chi connectivity index (χ0) is 20.1. The van der Waals surface area contributed by atoms with E-state index in [0.29, 0.717) is 12.3 Å². The summed E-state index contributed by atoms with van der Waals surface area (Å²) in [5, 5.41) is 0. The molecule has 0 N–H and O–H groups in total. The summed E-state index contributed by atoms with van der Waals surface area (Å²) in [6.45, 7) is 2.65. The van der Waals surface area contributed by atoms with Crippen molar-refractivity contribution in [3.63, 3.8) is 0 Å². The third kappa shape index (κ3) is 4.13. The largest absolute Gasteiger partial charge is 0.497 e. The number of benzene rings is 2. The third-order valence-electron chi connectivity index (χ3n) is 4.67. The number of hydrogen-bond donors (Lipinski definition) is 0. The van der Waals surface area contributed by atoms with E-state index in [1.807, 2.05) is 35.2 Å². The molecule has 2 aromatic rings. The number of rotatable bonds is 6. The first kappa shape index (κ1) is 20.2. The molecule has 1 aliphatic heterocycles. The van der Waals surface area contributed by atoms with Gasteiger partial charge in [-0.15, -0.1) is 0 Å². The normalized spacial score (nSPS) is 17.9. The Kier molecular flexibility index (Phi) is 6.21. The standard InChI is InChI=1S/C20H24N2O5S/c1-3-27-20(23)19-15-21(12-13-22(19)16-8-5-4-6-9-16)28(24,25)18-11-7-10-17(14-18)26-2/h4-11,14,19H,3,12-13,15H2,1-2H3. The second kappa shape index (κ2) is 8.62. The Bertz CT molecular complexity index is 917. The summed E-state index contributed by atoms with van der Waals surface area (Å²) in [5.41, 5.74) is 0.860. The van der Waals surface area contributed by atoms with Crippen LogP contribution >= 0.6 is 0 Å². The van der Waals surface area contributed by atoms with Crippen molar-refractivity contribution in [2.45, 2.75) is 17.9 Å². The molecule has 1 atom stereocenters. The number of nitrogens with zero attached hydrogens (tertiary/aromatic N) is 2. The number of esters is 1. The van der Waals surface area contributed by atoms with Crippen LogP contribution in [0.5, 0.6) is 5.75 Å². The van der Waals surface area contributed by atoms with Gasteiger partial charge in [0.1, 0.15) is 11.8 Å². The topological polar surface area (TPSA) is 76.1 Å². The number of methoxy groups -OCH3 is 1. The van der Waals surface area contributed by atoms with Gasteiger partial charge in [-0.05, 0) is 31.2 Å². The molecule has 1 aliphatic rings. The Morgan fingerprint density at radius 1 is 1.11 bits per heavy atom. The van der Waals surface area contributed by atoms with E-state index < -0.39 is 22.0 Å². The van der Waals surface area contributed by atoms with Crippen LogP contribution in [0.3, 0.4) is 0 Å². The van der Waals surface area contributed by atoms with Crippen LogP contribution in [0.2, 0.25) is 0 Å². The summed E-state index contributed by atoms with van der Waals surface area (Å²) in [5.74, 6) is 0.0304. The zero-order valence-electron chi connectivity index (χ0n) is 15.9. The molecule has 8 heteroatoms. The Morgan fingerprint density at radius 2 is 1.86 bits per heavy atom. The van der Waals surface area contributed by atoms with Crippen molar-refractivity contribution in [1.82, 2.24) is 4.31 Å². The maximum Gasteiger partial charge on any atom is 0.330 e. The minimum absolute atomic E-state index is 0.0211. The fourth-order valence-corrected chi connectivity index (χ4v) is 4.73. The number of piperazine rings is 1. The number of anilines is 1. The summed E-state index contributed by atoms with van der Waals surface area (Å²) < 4.78 is 37.9. The van der Waals surface area contributed by atoms with Crippen molar-refractivity contribution >= 4 is 21.7 Å². The summed E-state index contributed by atoms with van der Waals surface area (Å²) in [6, 6.07) is 15.1. The molecule has 0 aliphatic carbocycles. The minimum Gasteiger partial charge on any atom is -0.497 e. The van der Waals surface area contributed by atoms with E-state index >= 15 is 0 Å². The Balaban J connectivity index is 1.89. The monoisotopic (exact) mass is 404 g/mol. The molecule has 1 fully saturated rings. The average Bonchev–Trinajstić information content (AvgIpc) is 2.74. The van der Waals surface area contributed by atoms with E-state index in [1.54, 1.807) is 19.1 Å². The highest BCUT2D eigenvalue weighted by atomic mass is 32.2. The van der Waals surface area contributed by atoms with E-state index in [-0.39, 0.29) is 24.6 Å². The number of sulfonamides is 1. The van der Waals surface area contributed by atoms with Gasteiger partial charge in [0.2, 0.25) is 10.0 Å². The molecule has 0 spiro atoms. The third-order valence-corrected chi connectivity index (χ3v) is 6.53. The molecule has 0 bridgehead atoms. The summed E-state index contributed by atoms with van der Waals surface area (Å²) >= 11 is 0. The van der Waals surface area contributed by atoms with Gasteiger partial charge in [-0.3, -0.25) is 0 Å². The lowest BCUT2D eigenvalue weighted by Gasteiger charge is -2.40. The van der Waals surface area contributed by atoms with Crippen LogP contribution in [0.25, 0.3) is 0 Å². The number of carbonyl (C=O) groups is 1. The molecule has 0 amide bonds. The molecule has 28 heavy (non-hydrogen) atoms. The zero-order valence-corrected chi connectivity index (χ0v) is 16.8. The summed E-state index contributed by atoms with van der Waals surface area (Å²) in [6.07, 6.45) is 0. The van der Waals surface area contributed by atoms with Gasteiger partial charge in [-0.25, -0.2) is 13.2 Å². The summed E-state index contributed by atoms with van der Waals surface area (Å²) in [7, 11) is -2.28. The lowest BCUT2D eigenvalue weighted by atomic mass is 10.1. The Labute approximate surface area is 165 Å². The second-order valence-corrected chi connectivity index (χ2v) is 8.28. The van der Waals surface area contributed by atoms with Crippen molar-refractivity contribution in [1.29, 1.82) is 0 Å². The van der Waals surface area contributed by atoms with Crippen molar-refractivity contribution < 1.29 is 22.7 Å². The van der Waals surface area contributed by atoms with Gasteiger partial charge in [0.05, 0.1) is 18.6 Å². The highest BCUT2D eigenvalue weighted by Gasteiger charge is 2.38. The van der Waals surface area contributed by atoms with Gasteiger partial charge in [0, 0.05) is 31.4 Å². The molecular weight excluding hydrogens is 380 g/mol. The molecule has 1 unspecified atom stereocenters. The minimum atomic E-state index is -3.76. The molecule has 2 aromatic carbocycles. The number of hydrogen-bond acceptors (Lipinski definition) is 6. The SMILES string of the molecule is CCOC(=O)C1CN(S(=O)(=O)c2cccc(OC)c2)CCN1c1ccccc1. The van der Waals surface area contributed by atoms with E-state index in [9.17, 15) is 13.2 Å². The number of ether oxygens (including phenoxy) is 2. The highest BCUT2D eigenvalue weighted by molar-refractivity contribution is 7.89. The van der Waals surface area contributed by atoms with Gasteiger partial charge in [0.25, 0.3) is 0 Å². The van der Waals surface area contributed by atoms with E-state index in [0.717, 1.165) is 5.69 Å². The van der Waals surface area contributed by atoms with Crippen molar-refractivity contribution in [2.24, 2.45) is 0 Å². The average molecular weight is 404 g/mol. The first-order valence-electron chi connectivity index (χ1n) is 9.10. The van der Waals surface area contributed by atoms with Crippen LogP contribution in [0.4, 0.5) is 5.69 Å². The van der Waals surface area contributed by atoms with Crippen LogP contribution in [0.15, 0.2) is 59.5 Å². The molecule has 1 saturated heterocycles. The van der Waals surface area contributed by atoms with Crippen LogP contribution in [-0.2, 0) is 19.6 Å². The highest BCUT2D eigenvalue weighted by Crippen LogP contribution is 2.26. The van der Waals surface area contributed by atoms with Gasteiger partial charge in [-0.1, -0.05) is 24.3 Å². The fraction of sp³-hybridized carbons (Fsp3) is 0.350. The molecule has 0 aromatic heterocycles. The van der Waals surface area contributed by atoms with Crippen LogP contribution in [0, 0.1) is 0 Å². The van der Waals surface area contributed by atoms with Gasteiger partial charge >= 0.3 is 5.97 Å². The van der Waals surface area contributed by atoms with Gasteiger partial charge in [-0.2, -0.15) is 4.31 Å². The quantitative estimate of drug-likeness (QED) is 0.687. The lowest BCUT2D eigenvalue weighted by molar-refractivity contribution is -0.145. The van der Waals surface area contributed by atoms with Crippen molar-refractivity contribution in [3.8, 4) is 5.75 Å². The first-order valence-corrected chi connectivity index (χ1v) is 10.5. The molecule has 1 heterocycles. The van der Waals surface area contributed by atoms with Crippen molar-refractivity contribution in [2.75, 3.05) is 38.3 Å².